The minimum atomic E-state index is -0.732. The van der Waals surface area contributed by atoms with E-state index < -0.39 is 5.97 Å². The van der Waals surface area contributed by atoms with Gasteiger partial charge in [-0.3, -0.25) is 9.82 Å². The molecular formula is C9H8N2O3. The molecule has 0 bridgehead atoms. The lowest BCUT2D eigenvalue weighted by atomic mass is 10.2. The van der Waals surface area contributed by atoms with E-state index in [-0.39, 0.29) is 0 Å². The number of hydrogen-bond donors (Lipinski definition) is 0. The van der Waals surface area contributed by atoms with E-state index >= 15 is 0 Å². The van der Waals surface area contributed by atoms with Gasteiger partial charge in [0.25, 0.3) is 0 Å². The molecule has 0 atom stereocenters. The Kier molecular flexibility index (Phi) is 2.22. The summed E-state index contributed by atoms with van der Waals surface area (Å²) in [7, 11) is 0. The highest BCUT2D eigenvalue weighted by Gasteiger charge is 2.25. The van der Waals surface area contributed by atoms with Gasteiger partial charge in [-0.25, -0.2) is 4.79 Å². The Morgan fingerprint density at radius 2 is 2.36 bits per heavy atom. The highest BCUT2D eigenvalue weighted by atomic mass is 16.7. The van der Waals surface area contributed by atoms with Gasteiger partial charge in [-0.05, 0) is 25.0 Å². The van der Waals surface area contributed by atoms with Gasteiger partial charge in [0, 0.05) is 17.8 Å². The average molecular weight is 192 g/mol. The van der Waals surface area contributed by atoms with Crippen molar-refractivity contribution in [3.8, 4) is 0 Å². The first-order chi connectivity index (χ1) is 6.81. The van der Waals surface area contributed by atoms with E-state index in [1.54, 1.807) is 6.07 Å². The molecule has 0 unspecified atom stereocenters. The molecule has 1 heterocycles. The molecule has 0 aromatic carbocycles. The van der Waals surface area contributed by atoms with E-state index in [4.69, 9.17) is 0 Å². The minimum absolute atomic E-state index is 0.321. The van der Waals surface area contributed by atoms with Crippen LogP contribution < -0.4 is 0 Å². The van der Waals surface area contributed by atoms with Gasteiger partial charge < -0.3 is 0 Å². The van der Waals surface area contributed by atoms with E-state index in [9.17, 15) is 9.70 Å². The molecule has 0 amide bonds. The Morgan fingerprint density at radius 3 is 3.00 bits per heavy atom. The number of carbonyl (C=O) groups excluding carboxylic acids is 1. The summed E-state index contributed by atoms with van der Waals surface area (Å²) in [5.74, 6) is -0.267. The second-order valence-corrected chi connectivity index (χ2v) is 3.20. The highest BCUT2D eigenvalue weighted by Crippen LogP contribution is 2.38. The van der Waals surface area contributed by atoms with Crippen LogP contribution in [0.5, 0.6) is 0 Å². The van der Waals surface area contributed by atoms with Gasteiger partial charge in [0.05, 0.1) is 5.56 Å². The standard InChI is InChI=1S/C9H8N2O3/c12-9(14-11-13)7-3-4-10-8(5-7)6-1-2-6/h3-6H,1-2H2. The van der Waals surface area contributed by atoms with Crippen LogP contribution in [-0.2, 0) is 4.84 Å². The van der Waals surface area contributed by atoms with Crippen LogP contribution in [0.1, 0.15) is 34.8 Å². The molecule has 5 heteroatoms. The second kappa shape index (κ2) is 3.53. The molecule has 1 fully saturated rings. The van der Waals surface area contributed by atoms with E-state index in [0.717, 1.165) is 18.5 Å². The third kappa shape index (κ3) is 1.76. The fraction of sp³-hybridized carbons (Fsp3) is 0.333. The van der Waals surface area contributed by atoms with Crippen LogP contribution in [0.4, 0.5) is 0 Å². The van der Waals surface area contributed by atoms with Gasteiger partial charge in [-0.15, -0.1) is 4.91 Å². The Bertz CT molecular complexity index is 374. The van der Waals surface area contributed by atoms with Gasteiger partial charge in [0.2, 0.25) is 0 Å². The highest BCUT2D eigenvalue weighted by molar-refractivity contribution is 5.89. The average Bonchev–Trinajstić information content (AvgIpc) is 3.02. The Morgan fingerprint density at radius 1 is 1.57 bits per heavy atom. The SMILES string of the molecule is O=NOC(=O)c1ccnc(C2CC2)c1. The molecule has 1 aliphatic carbocycles. The van der Waals surface area contributed by atoms with Crippen molar-refractivity contribution in [3.05, 3.63) is 34.5 Å². The topological polar surface area (TPSA) is 68.6 Å². The summed E-state index contributed by atoms with van der Waals surface area (Å²) in [5.41, 5.74) is 1.20. The maximum Gasteiger partial charge on any atom is 0.369 e. The molecule has 0 spiro atoms. The van der Waals surface area contributed by atoms with Crippen LogP contribution in [0.2, 0.25) is 0 Å². The van der Waals surface area contributed by atoms with Gasteiger partial charge >= 0.3 is 5.97 Å². The molecule has 2 rings (SSSR count). The summed E-state index contributed by atoms with van der Waals surface area (Å²) in [6.07, 6.45) is 3.75. The Labute approximate surface area is 80.0 Å². The largest absolute Gasteiger partial charge is 0.369 e. The number of nitrogens with zero attached hydrogens (tertiary/aromatic N) is 2. The second-order valence-electron chi connectivity index (χ2n) is 3.20. The number of rotatable bonds is 3. The number of hydrogen-bond acceptors (Lipinski definition) is 5. The van der Waals surface area contributed by atoms with Crippen LogP contribution in [0.15, 0.2) is 23.7 Å². The lowest BCUT2D eigenvalue weighted by Gasteiger charge is -1.99. The lowest BCUT2D eigenvalue weighted by Crippen LogP contribution is -2.01. The first-order valence-corrected chi connectivity index (χ1v) is 4.31. The van der Waals surface area contributed by atoms with Crippen molar-refractivity contribution in [2.24, 2.45) is 5.34 Å². The van der Waals surface area contributed by atoms with Gasteiger partial charge in [-0.2, -0.15) is 0 Å². The predicted octanol–water partition coefficient (Wildman–Crippen LogP) is 1.80. The fourth-order valence-electron chi connectivity index (χ4n) is 1.26. The van der Waals surface area contributed by atoms with Crippen molar-refractivity contribution in [3.63, 3.8) is 0 Å². The molecule has 1 aromatic rings. The molecule has 14 heavy (non-hydrogen) atoms. The first kappa shape index (κ1) is 8.80. The van der Waals surface area contributed by atoms with E-state index in [1.165, 1.54) is 12.3 Å². The number of carbonyl (C=O) groups is 1. The van der Waals surface area contributed by atoms with Crippen LogP contribution in [-0.4, -0.2) is 11.0 Å². The zero-order valence-electron chi connectivity index (χ0n) is 7.34. The van der Waals surface area contributed by atoms with Gasteiger partial charge in [0.1, 0.15) is 0 Å². The summed E-state index contributed by atoms with van der Waals surface area (Å²) < 4.78 is 0. The molecule has 1 aromatic heterocycles. The molecule has 0 aliphatic heterocycles. The zero-order chi connectivity index (χ0) is 9.97. The summed E-state index contributed by atoms with van der Waals surface area (Å²) in [6.45, 7) is 0. The molecule has 0 saturated heterocycles. The molecule has 0 radical (unpaired) electrons. The third-order valence-corrected chi connectivity index (χ3v) is 2.13. The predicted molar refractivity (Wildman–Crippen MR) is 47.4 cm³/mol. The Hall–Kier alpha value is -1.78. The van der Waals surface area contributed by atoms with Crippen molar-refractivity contribution in [1.82, 2.24) is 4.98 Å². The maximum atomic E-state index is 11.1. The van der Waals surface area contributed by atoms with Crippen molar-refractivity contribution in [2.75, 3.05) is 0 Å². The zero-order valence-corrected chi connectivity index (χ0v) is 7.34. The Balaban J connectivity index is 2.20. The van der Waals surface area contributed by atoms with Crippen molar-refractivity contribution in [1.29, 1.82) is 0 Å². The fourth-order valence-corrected chi connectivity index (χ4v) is 1.26. The molecule has 1 saturated carbocycles. The maximum absolute atomic E-state index is 11.1. The summed E-state index contributed by atoms with van der Waals surface area (Å²) in [6, 6.07) is 3.14. The van der Waals surface area contributed by atoms with Crippen molar-refractivity contribution in [2.45, 2.75) is 18.8 Å². The van der Waals surface area contributed by atoms with Crippen LogP contribution in [0.25, 0.3) is 0 Å². The molecule has 72 valence electrons. The first-order valence-electron chi connectivity index (χ1n) is 4.31. The molecular weight excluding hydrogens is 184 g/mol. The molecule has 1 aliphatic rings. The smallest absolute Gasteiger partial charge is 0.279 e. The van der Waals surface area contributed by atoms with Crippen molar-refractivity contribution < 1.29 is 9.63 Å². The normalized spacial score (nSPS) is 14.9. The minimum Gasteiger partial charge on any atom is -0.279 e. The van der Waals surface area contributed by atoms with E-state index in [0.29, 0.717) is 11.5 Å². The van der Waals surface area contributed by atoms with Gasteiger partial charge in [0.15, 0.2) is 5.34 Å². The lowest BCUT2D eigenvalue weighted by molar-refractivity contribution is 0.0508. The quantitative estimate of drug-likeness (QED) is 0.540. The molecule has 5 nitrogen and oxygen atoms in total. The number of aromatic nitrogens is 1. The van der Waals surface area contributed by atoms with Crippen molar-refractivity contribution >= 4 is 5.97 Å². The van der Waals surface area contributed by atoms with Crippen LogP contribution in [0.3, 0.4) is 0 Å². The summed E-state index contributed by atoms with van der Waals surface area (Å²) in [5, 5.41) is 2.08. The summed E-state index contributed by atoms with van der Waals surface area (Å²) in [4.78, 5) is 28.9. The van der Waals surface area contributed by atoms with E-state index in [2.05, 4.69) is 15.2 Å². The van der Waals surface area contributed by atoms with Crippen LogP contribution >= 0.6 is 0 Å². The third-order valence-electron chi connectivity index (χ3n) is 2.13. The van der Waals surface area contributed by atoms with Gasteiger partial charge in [-0.1, -0.05) is 0 Å². The van der Waals surface area contributed by atoms with Crippen LogP contribution in [0, 0.1) is 4.91 Å². The molecule has 0 N–H and O–H groups in total. The number of pyridine rings is 1. The summed E-state index contributed by atoms with van der Waals surface area (Å²) >= 11 is 0. The van der Waals surface area contributed by atoms with E-state index in [1.807, 2.05) is 0 Å². The monoisotopic (exact) mass is 192 g/mol.